The number of ether oxygens (including phenoxy) is 1. The number of pyridine rings is 1. The molecule has 0 saturated carbocycles. The van der Waals surface area contributed by atoms with E-state index in [9.17, 15) is 40.0 Å². The van der Waals surface area contributed by atoms with Crippen molar-refractivity contribution < 1.29 is 39.9 Å². The van der Waals surface area contributed by atoms with Crippen LogP contribution in [-0.4, -0.2) is 59.9 Å². The van der Waals surface area contributed by atoms with Gasteiger partial charge in [-0.05, 0) is 35.9 Å². The number of nitrogens with zero attached hydrogens (tertiary/aromatic N) is 4. The molecule has 9 nitrogen and oxygen atoms in total. The lowest BCUT2D eigenvalue weighted by atomic mass is 10.1. The highest BCUT2D eigenvalue weighted by Crippen LogP contribution is 2.32. The van der Waals surface area contributed by atoms with Crippen LogP contribution in [0.2, 0.25) is 0 Å². The van der Waals surface area contributed by atoms with Crippen LogP contribution in [0.5, 0.6) is 5.75 Å². The lowest BCUT2D eigenvalue weighted by Crippen LogP contribution is -2.43. The highest BCUT2D eigenvalue weighted by Gasteiger charge is 2.43. The van der Waals surface area contributed by atoms with E-state index in [-0.39, 0.29) is 22.1 Å². The summed E-state index contributed by atoms with van der Waals surface area (Å²) in [6, 6.07) is 8.64. The highest BCUT2D eigenvalue weighted by atomic mass is 32.2. The summed E-state index contributed by atoms with van der Waals surface area (Å²) in [7, 11) is -1.78. The molecule has 0 aliphatic carbocycles. The molecule has 0 spiro atoms. The number of rotatable bonds is 7. The first-order chi connectivity index (χ1) is 19.0. The van der Waals surface area contributed by atoms with Crippen LogP contribution in [0, 0.1) is 0 Å². The maximum absolute atomic E-state index is 14.0. The number of hydrogen-bond donors (Lipinski definition) is 0. The van der Waals surface area contributed by atoms with Gasteiger partial charge in [0.05, 0.1) is 22.9 Å². The van der Waals surface area contributed by atoms with Crippen molar-refractivity contribution in [2.24, 2.45) is 0 Å². The van der Waals surface area contributed by atoms with E-state index in [1.807, 2.05) is 0 Å². The Balaban J connectivity index is 1.79. The van der Waals surface area contributed by atoms with Crippen LogP contribution in [0.1, 0.15) is 12.5 Å². The van der Waals surface area contributed by atoms with E-state index in [0.717, 1.165) is 44.6 Å². The fourth-order valence-corrected chi connectivity index (χ4v) is 4.81. The largest absolute Gasteiger partial charge is 0.482 e. The molecule has 0 radical (unpaired) electrons. The Kier molecular flexibility index (Phi) is 7.60. The van der Waals surface area contributed by atoms with Gasteiger partial charge in [-0.1, -0.05) is 25.1 Å². The zero-order chi connectivity index (χ0) is 30.3. The van der Waals surface area contributed by atoms with Crippen molar-refractivity contribution in [1.82, 2.24) is 19.7 Å². The number of halogens is 5. The summed E-state index contributed by atoms with van der Waals surface area (Å²) >= 11 is 0. The molecule has 216 valence electrons. The number of sulfone groups is 1. The minimum atomic E-state index is -4.72. The molecular formula is C26H21F5N4O5S. The Morgan fingerprint density at radius 1 is 0.976 bits per heavy atom. The third kappa shape index (κ3) is 5.89. The first-order valence-corrected chi connectivity index (χ1v) is 13.4. The molecule has 0 aliphatic heterocycles. The van der Waals surface area contributed by atoms with Crippen molar-refractivity contribution >= 4 is 26.5 Å². The van der Waals surface area contributed by atoms with E-state index in [1.54, 1.807) is 0 Å². The molecule has 0 saturated heterocycles. The molecule has 15 heteroatoms. The predicted molar refractivity (Wildman–Crippen MR) is 138 cm³/mol. The Labute approximate surface area is 229 Å². The molecule has 2 heterocycles. The summed E-state index contributed by atoms with van der Waals surface area (Å²) in [6.07, 6.45) is -6.54. The molecule has 4 rings (SSSR count). The van der Waals surface area contributed by atoms with Crippen LogP contribution in [0.4, 0.5) is 22.0 Å². The zero-order valence-corrected chi connectivity index (χ0v) is 22.4. The molecule has 0 bridgehead atoms. The average molecular weight is 597 g/mol. The average Bonchev–Trinajstić information content (AvgIpc) is 2.92. The third-order valence-corrected chi connectivity index (χ3v) is 7.68. The first kappa shape index (κ1) is 29.6. The summed E-state index contributed by atoms with van der Waals surface area (Å²) in [4.78, 5) is 29.1. The second-order valence-electron chi connectivity index (χ2n) is 8.95. The van der Waals surface area contributed by atoms with Crippen LogP contribution in [0.25, 0.3) is 27.7 Å². The van der Waals surface area contributed by atoms with Crippen LogP contribution in [-0.2, 0) is 20.8 Å². The number of fused-ring (bicyclic) bond motifs is 1. The quantitative estimate of drug-likeness (QED) is 0.292. The van der Waals surface area contributed by atoms with Gasteiger partial charge in [-0.15, -0.1) is 0 Å². The third-order valence-electron chi connectivity index (χ3n) is 5.95. The molecular weight excluding hydrogens is 575 g/mol. The summed E-state index contributed by atoms with van der Waals surface area (Å²) in [5, 5.41) is 3.69. The Bertz CT molecular complexity index is 1800. The molecule has 2 aromatic heterocycles. The van der Waals surface area contributed by atoms with Gasteiger partial charge in [-0.2, -0.15) is 31.7 Å². The topological polar surface area (TPSA) is 111 Å². The predicted octanol–water partition coefficient (Wildman–Crippen LogP) is 4.32. The second kappa shape index (κ2) is 10.5. The van der Waals surface area contributed by atoms with E-state index in [4.69, 9.17) is 0 Å². The number of likely N-dealkylation sites (N-methyl/N-ethyl adjacent to an activating group) is 1. The Morgan fingerprint density at radius 2 is 1.63 bits per heavy atom. The van der Waals surface area contributed by atoms with E-state index < -0.39 is 55.6 Å². The van der Waals surface area contributed by atoms with Gasteiger partial charge in [0, 0.05) is 31.2 Å². The SMILES string of the molecule is CCS(=O)(=O)c1cc(-c2ccc(OC(F)(F)C(=O)N(C)C)cc2)cnc1-n1ncc2ccc(C(F)(F)F)cc2c1=O. The fraction of sp³-hybridized carbons (Fsp3) is 0.231. The van der Waals surface area contributed by atoms with Crippen LogP contribution in [0.15, 0.2) is 70.6 Å². The fourth-order valence-electron chi connectivity index (χ4n) is 3.77. The standard InChI is InChI=1S/C26H21F5N4O5S/c1-4-41(38,39)21-11-17(15-6-9-19(10-7-15)40-26(30,31)24(37)34(2)3)13-32-22(21)35-23(36)20-12-18(25(27,28)29)8-5-16(20)14-33-35/h5-14H,4H2,1-3H3. The maximum Gasteiger partial charge on any atom is 0.482 e. The Hall–Kier alpha value is -4.40. The number of alkyl halides is 5. The highest BCUT2D eigenvalue weighted by molar-refractivity contribution is 7.91. The molecule has 0 fully saturated rings. The number of benzene rings is 2. The number of carbonyl (C=O) groups excluding carboxylic acids is 1. The van der Waals surface area contributed by atoms with Crippen molar-refractivity contribution in [3.05, 3.63) is 76.8 Å². The lowest BCUT2D eigenvalue weighted by molar-refractivity contribution is -0.201. The minimum absolute atomic E-state index is 0.107. The van der Waals surface area contributed by atoms with Gasteiger partial charge < -0.3 is 9.64 Å². The van der Waals surface area contributed by atoms with Gasteiger partial charge in [-0.3, -0.25) is 9.59 Å². The van der Waals surface area contributed by atoms with Gasteiger partial charge >= 0.3 is 18.2 Å². The normalized spacial score (nSPS) is 12.4. The van der Waals surface area contributed by atoms with Gasteiger partial charge in [0.1, 0.15) is 10.6 Å². The van der Waals surface area contributed by atoms with Crippen LogP contribution >= 0.6 is 0 Å². The lowest BCUT2D eigenvalue weighted by Gasteiger charge is -2.20. The van der Waals surface area contributed by atoms with Crippen LogP contribution < -0.4 is 10.3 Å². The maximum atomic E-state index is 14.0. The first-order valence-electron chi connectivity index (χ1n) is 11.8. The van der Waals surface area contributed by atoms with E-state index in [2.05, 4.69) is 14.8 Å². The monoisotopic (exact) mass is 596 g/mol. The van der Waals surface area contributed by atoms with E-state index in [1.165, 1.54) is 31.3 Å². The smallest absolute Gasteiger partial charge is 0.425 e. The molecule has 4 aromatic rings. The molecule has 0 atom stereocenters. The number of hydrogen-bond acceptors (Lipinski definition) is 7. The summed E-state index contributed by atoms with van der Waals surface area (Å²) in [5.74, 6) is -2.75. The van der Waals surface area contributed by atoms with Gasteiger partial charge in [0.2, 0.25) is 0 Å². The zero-order valence-electron chi connectivity index (χ0n) is 21.6. The van der Waals surface area contributed by atoms with Crippen molar-refractivity contribution in [3.63, 3.8) is 0 Å². The number of aromatic nitrogens is 3. The molecule has 0 N–H and O–H groups in total. The molecule has 0 aliphatic rings. The van der Waals surface area contributed by atoms with E-state index >= 15 is 0 Å². The van der Waals surface area contributed by atoms with Crippen molar-refractivity contribution in [2.75, 3.05) is 19.8 Å². The van der Waals surface area contributed by atoms with Crippen molar-refractivity contribution in [3.8, 4) is 22.7 Å². The van der Waals surface area contributed by atoms with Gasteiger partial charge in [0.25, 0.3) is 5.56 Å². The number of carbonyl (C=O) groups is 1. The second-order valence-corrected chi connectivity index (χ2v) is 11.2. The van der Waals surface area contributed by atoms with E-state index in [0.29, 0.717) is 21.2 Å². The molecule has 1 amide bonds. The Morgan fingerprint density at radius 3 is 2.22 bits per heavy atom. The summed E-state index contributed by atoms with van der Waals surface area (Å²) < 4.78 is 98.9. The van der Waals surface area contributed by atoms with Gasteiger partial charge in [-0.25, -0.2) is 13.4 Å². The summed E-state index contributed by atoms with van der Waals surface area (Å²) in [5.41, 5.74) is -1.56. The van der Waals surface area contributed by atoms with Crippen LogP contribution in [0.3, 0.4) is 0 Å². The molecule has 0 unspecified atom stereocenters. The van der Waals surface area contributed by atoms with Crippen molar-refractivity contribution in [2.45, 2.75) is 24.1 Å². The van der Waals surface area contributed by atoms with Gasteiger partial charge in [0.15, 0.2) is 15.7 Å². The molecule has 41 heavy (non-hydrogen) atoms. The molecule has 2 aromatic carbocycles. The minimum Gasteiger partial charge on any atom is -0.425 e. The number of amides is 1. The summed E-state index contributed by atoms with van der Waals surface area (Å²) in [6.45, 7) is 1.35. The van der Waals surface area contributed by atoms with Crippen molar-refractivity contribution in [1.29, 1.82) is 0 Å².